The minimum Gasteiger partial charge on any atom is -0.493 e. The van der Waals surface area contributed by atoms with E-state index in [4.69, 9.17) is 14.5 Å². The second kappa shape index (κ2) is 9.13. The van der Waals surface area contributed by atoms with Gasteiger partial charge >= 0.3 is 0 Å². The van der Waals surface area contributed by atoms with E-state index in [2.05, 4.69) is 12.1 Å². The lowest BCUT2D eigenvalue weighted by atomic mass is 9.85. The fraction of sp³-hybridized carbons (Fsp3) is 0.185. The van der Waals surface area contributed by atoms with E-state index < -0.39 is 4.92 Å². The van der Waals surface area contributed by atoms with Crippen molar-refractivity contribution in [3.8, 4) is 11.5 Å². The van der Waals surface area contributed by atoms with Gasteiger partial charge in [-0.05, 0) is 47.6 Å². The van der Waals surface area contributed by atoms with Crippen LogP contribution in [0, 0.1) is 10.1 Å². The first-order valence-electron chi connectivity index (χ1n) is 11.6. The normalized spacial score (nSPS) is 16.5. The van der Waals surface area contributed by atoms with Gasteiger partial charge in [0.15, 0.2) is 16.3 Å². The number of hydrogen-bond acceptors (Lipinski definition) is 8. The highest BCUT2D eigenvalue weighted by Crippen LogP contribution is 2.42. The van der Waals surface area contributed by atoms with Gasteiger partial charge in [0.1, 0.15) is 0 Å². The van der Waals surface area contributed by atoms with Gasteiger partial charge in [-0.15, -0.1) is 11.3 Å². The molecule has 2 aliphatic rings. The van der Waals surface area contributed by atoms with E-state index in [9.17, 15) is 14.9 Å². The van der Waals surface area contributed by atoms with Gasteiger partial charge in [-0.2, -0.15) is 0 Å². The number of benzene rings is 2. The zero-order chi connectivity index (χ0) is 25.7. The summed E-state index contributed by atoms with van der Waals surface area (Å²) in [6.07, 6.45) is 3.24. The Morgan fingerprint density at radius 3 is 2.62 bits per heavy atom. The van der Waals surface area contributed by atoms with Crippen LogP contribution in [0.1, 0.15) is 34.0 Å². The minimum atomic E-state index is -0.491. The maximum absolute atomic E-state index is 13.8. The monoisotopic (exact) mass is 531 g/mol. The van der Waals surface area contributed by atoms with Gasteiger partial charge in [0.2, 0.25) is 0 Å². The molecule has 0 spiro atoms. The summed E-state index contributed by atoms with van der Waals surface area (Å²) < 4.78 is 12.7. The highest BCUT2D eigenvalue weighted by atomic mass is 32.1. The van der Waals surface area contributed by atoms with Crippen LogP contribution in [0.25, 0.3) is 11.8 Å². The molecule has 0 saturated heterocycles. The molecule has 0 amide bonds. The van der Waals surface area contributed by atoms with E-state index in [1.807, 2.05) is 29.6 Å². The summed E-state index contributed by atoms with van der Waals surface area (Å²) in [5, 5.41) is 13.8. The average Bonchev–Trinajstić information content (AvgIpc) is 3.55. The van der Waals surface area contributed by atoms with E-state index in [0.29, 0.717) is 15.1 Å². The van der Waals surface area contributed by atoms with Gasteiger partial charge in [0, 0.05) is 10.4 Å². The molecule has 4 aromatic rings. The van der Waals surface area contributed by atoms with Crippen LogP contribution in [0.3, 0.4) is 0 Å². The van der Waals surface area contributed by atoms with Crippen molar-refractivity contribution in [3.63, 3.8) is 0 Å². The van der Waals surface area contributed by atoms with Crippen molar-refractivity contribution in [2.75, 3.05) is 14.2 Å². The number of nitro groups is 1. The SMILES string of the molecule is COc1cc(/C=c2/sc3n(c2=O)[C@H](c2cccs2)C2=C(N=3)c3ccccc3CC2)c([N+](=O)[O-])cc1OC. The first-order chi connectivity index (χ1) is 18.0. The highest BCUT2D eigenvalue weighted by molar-refractivity contribution is 7.10. The molecule has 186 valence electrons. The molecular formula is C27H21N3O5S2. The molecule has 1 aliphatic carbocycles. The van der Waals surface area contributed by atoms with Gasteiger partial charge in [-0.25, -0.2) is 4.99 Å². The summed E-state index contributed by atoms with van der Waals surface area (Å²) in [5.41, 5.74) is 4.24. The van der Waals surface area contributed by atoms with E-state index >= 15 is 0 Å². The van der Waals surface area contributed by atoms with Crippen LogP contribution in [0.15, 0.2) is 69.3 Å². The number of fused-ring (bicyclic) bond motifs is 3. The predicted molar refractivity (Wildman–Crippen MR) is 143 cm³/mol. The topological polar surface area (TPSA) is 96.0 Å². The van der Waals surface area contributed by atoms with Gasteiger partial charge < -0.3 is 9.47 Å². The first kappa shape index (κ1) is 23.4. The molecule has 37 heavy (non-hydrogen) atoms. The Kier molecular flexibility index (Phi) is 5.77. The molecule has 0 unspecified atom stereocenters. The van der Waals surface area contributed by atoms with Gasteiger partial charge in [0.25, 0.3) is 11.2 Å². The molecule has 10 heteroatoms. The van der Waals surface area contributed by atoms with E-state index in [1.54, 1.807) is 22.0 Å². The number of aromatic nitrogens is 1. The molecule has 0 saturated carbocycles. The molecule has 1 aliphatic heterocycles. The summed E-state index contributed by atoms with van der Waals surface area (Å²) in [7, 11) is 2.88. The number of nitrogens with zero attached hydrogens (tertiary/aromatic N) is 3. The molecule has 2 aromatic carbocycles. The molecular weight excluding hydrogens is 510 g/mol. The van der Waals surface area contributed by atoms with E-state index in [1.165, 1.54) is 43.3 Å². The molecule has 0 radical (unpaired) electrons. The molecule has 3 heterocycles. The van der Waals surface area contributed by atoms with Crippen LogP contribution in [-0.2, 0) is 6.42 Å². The molecule has 8 nitrogen and oxygen atoms in total. The average molecular weight is 532 g/mol. The summed E-state index contributed by atoms with van der Waals surface area (Å²) in [5.74, 6) is 0.590. The molecule has 0 bridgehead atoms. The largest absolute Gasteiger partial charge is 0.493 e. The van der Waals surface area contributed by atoms with Crippen molar-refractivity contribution in [2.45, 2.75) is 18.9 Å². The molecule has 0 fully saturated rings. The Hall–Kier alpha value is -4.02. The zero-order valence-corrected chi connectivity index (χ0v) is 21.6. The summed E-state index contributed by atoms with van der Waals surface area (Å²) in [4.78, 5) is 31.8. The van der Waals surface area contributed by atoms with Crippen LogP contribution < -0.4 is 24.4 Å². The lowest BCUT2D eigenvalue weighted by Crippen LogP contribution is -2.38. The smallest absolute Gasteiger partial charge is 0.280 e. The van der Waals surface area contributed by atoms with Crippen molar-refractivity contribution in [1.82, 2.24) is 4.57 Å². The van der Waals surface area contributed by atoms with Crippen LogP contribution in [0.2, 0.25) is 0 Å². The number of methoxy groups -OCH3 is 2. The summed E-state index contributed by atoms with van der Waals surface area (Å²) >= 11 is 2.84. The van der Waals surface area contributed by atoms with E-state index in [0.717, 1.165) is 34.6 Å². The first-order valence-corrected chi connectivity index (χ1v) is 13.3. The van der Waals surface area contributed by atoms with Gasteiger partial charge in [-0.3, -0.25) is 19.5 Å². The minimum absolute atomic E-state index is 0.175. The number of thiazole rings is 1. The van der Waals surface area contributed by atoms with Crippen molar-refractivity contribution in [2.24, 2.45) is 4.99 Å². The van der Waals surface area contributed by atoms with Crippen molar-refractivity contribution in [1.29, 1.82) is 0 Å². The quantitative estimate of drug-likeness (QED) is 0.283. The fourth-order valence-corrected chi connectivity index (χ4v) is 6.86. The maximum atomic E-state index is 13.8. The Bertz CT molecular complexity index is 1770. The maximum Gasteiger partial charge on any atom is 0.280 e. The molecule has 6 rings (SSSR count). The zero-order valence-electron chi connectivity index (χ0n) is 20.0. The number of hydrogen-bond donors (Lipinski definition) is 0. The Morgan fingerprint density at radius 2 is 1.89 bits per heavy atom. The Balaban J connectivity index is 1.61. The number of allylic oxidation sites excluding steroid dienone is 1. The second-order valence-corrected chi connectivity index (χ2v) is 10.6. The van der Waals surface area contributed by atoms with Crippen molar-refractivity contribution >= 4 is 40.1 Å². The van der Waals surface area contributed by atoms with Gasteiger partial charge in [0.05, 0.1) is 47.0 Å². The summed E-state index contributed by atoms with van der Waals surface area (Å²) in [6, 6.07) is 14.9. The third-order valence-corrected chi connectivity index (χ3v) is 8.61. The highest BCUT2D eigenvalue weighted by Gasteiger charge is 2.33. The molecule has 1 atom stereocenters. The standard InChI is InChI=1S/C27H21N3O5S2/c1-34-20-12-16(19(30(32)33)14-21(20)35-2)13-23-26(31)29-25(22-8-5-11-36-22)18-10-9-15-6-3-4-7-17(15)24(18)28-27(29)37-23/h3-8,11-14,25H,9-10H2,1-2H3/b23-13+/t25-/m0/s1. The number of ether oxygens (including phenoxy) is 2. The number of nitro benzene ring substituents is 1. The Morgan fingerprint density at radius 1 is 1.11 bits per heavy atom. The lowest BCUT2D eigenvalue weighted by Gasteiger charge is -2.30. The third-order valence-electron chi connectivity index (χ3n) is 6.70. The Labute approximate surface area is 219 Å². The van der Waals surface area contributed by atoms with Crippen LogP contribution >= 0.6 is 22.7 Å². The number of aryl methyl sites for hydroxylation is 1. The van der Waals surface area contributed by atoms with Crippen LogP contribution in [0.5, 0.6) is 11.5 Å². The number of rotatable bonds is 5. The predicted octanol–water partition coefficient (Wildman–Crippen LogP) is 4.31. The third kappa shape index (κ3) is 3.80. The van der Waals surface area contributed by atoms with E-state index in [-0.39, 0.29) is 28.6 Å². The van der Waals surface area contributed by atoms with Crippen molar-refractivity contribution in [3.05, 3.63) is 111 Å². The van der Waals surface area contributed by atoms with Crippen molar-refractivity contribution < 1.29 is 14.4 Å². The fourth-order valence-electron chi connectivity index (χ4n) is 5.02. The molecule has 0 N–H and O–H groups in total. The molecule has 2 aromatic heterocycles. The van der Waals surface area contributed by atoms with Crippen LogP contribution in [-0.4, -0.2) is 23.7 Å². The second-order valence-electron chi connectivity index (χ2n) is 8.65. The van der Waals surface area contributed by atoms with Gasteiger partial charge in [-0.1, -0.05) is 41.7 Å². The summed E-state index contributed by atoms with van der Waals surface area (Å²) in [6.45, 7) is 0. The van der Waals surface area contributed by atoms with Crippen LogP contribution in [0.4, 0.5) is 5.69 Å². The lowest BCUT2D eigenvalue weighted by molar-refractivity contribution is -0.385. The number of thiophene rings is 1.